The Morgan fingerprint density at radius 1 is 1.47 bits per heavy atom. The number of hydrogen-bond donors (Lipinski definition) is 2. The molecule has 0 aliphatic carbocycles. The Morgan fingerprint density at radius 2 is 2.20 bits per heavy atom. The smallest absolute Gasteiger partial charge is 0.142 e. The average Bonchev–Trinajstić information content (AvgIpc) is 2.25. The number of nitrogens with zero attached hydrogens (tertiary/aromatic N) is 2. The number of nitrogen functional groups attached to an aromatic ring is 1. The van der Waals surface area contributed by atoms with Crippen LogP contribution in [-0.4, -0.2) is 36.1 Å². The maximum atomic E-state index is 5.91. The molecule has 2 rings (SSSR count). The van der Waals surface area contributed by atoms with E-state index in [1.807, 2.05) is 6.07 Å². The Hall–Kier alpha value is -0.840. The molecule has 1 aliphatic rings. The lowest BCUT2D eigenvalue weighted by Gasteiger charge is -2.27. The summed E-state index contributed by atoms with van der Waals surface area (Å²) in [5.74, 6) is 0.403. The van der Waals surface area contributed by atoms with Gasteiger partial charge in [-0.3, -0.25) is 4.90 Å². The highest BCUT2D eigenvalue weighted by molar-refractivity contribution is 6.32. The van der Waals surface area contributed by atoms with E-state index in [4.69, 9.17) is 17.3 Å². The molecule has 0 amide bonds. The van der Waals surface area contributed by atoms with Crippen LogP contribution in [-0.2, 0) is 6.54 Å². The van der Waals surface area contributed by atoms with Crippen molar-refractivity contribution in [3.8, 4) is 0 Å². The van der Waals surface area contributed by atoms with Crippen LogP contribution in [0.3, 0.4) is 0 Å². The first-order valence-corrected chi connectivity index (χ1v) is 5.46. The molecule has 15 heavy (non-hydrogen) atoms. The van der Waals surface area contributed by atoms with Gasteiger partial charge in [0.25, 0.3) is 0 Å². The molecule has 1 aromatic heterocycles. The number of anilines is 1. The molecule has 2 heterocycles. The van der Waals surface area contributed by atoms with Crippen molar-refractivity contribution in [1.29, 1.82) is 0 Å². The summed E-state index contributed by atoms with van der Waals surface area (Å²) in [6.45, 7) is 5.14. The Bertz CT molecular complexity index is 336. The topological polar surface area (TPSA) is 54.2 Å². The van der Waals surface area contributed by atoms with Crippen LogP contribution in [0, 0.1) is 0 Å². The first-order chi connectivity index (χ1) is 7.25. The predicted molar refractivity (Wildman–Crippen MR) is 61.8 cm³/mol. The predicted octanol–water partition coefficient (Wildman–Crippen LogP) is 0.722. The van der Waals surface area contributed by atoms with E-state index < -0.39 is 0 Å². The Kier molecular flexibility index (Phi) is 3.41. The van der Waals surface area contributed by atoms with Gasteiger partial charge in [0, 0.05) is 38.9 Å². The third kappa shape index (κ3) is 2.81. The van der Waals surface area contributed by atoms with Gasteiger partial charge in [0.05, 0.1) is 5.02 Å². The van der Waals surface area contributed by atoms with Crippen LogP contribution in [0.25, 0.3) is 0 Å². The summed E-state index contributed by atoms with van der Waals surface area (Å²) in [4.78, 5) is 6.42. The minimum Gasteiger partial charge on any atom is -0.382 e. The third-order valence-electron chi connectivity index (χ3n) is 2.54. The Labute approximate surface area is 94.4 Å². The van der Waals surface area contributed by atoms with Crippen LogP contribution in [0.15, 0.2) is 12.3 Å². The zero-order valence-electron chi connectivity index (χ0n) is 8.54. The molecule has 1 fully saturated rings. The summed E-state index contributed by atoms with van der Waals surface area (Å²) in [5, 5.41) is 3.86. The van der Waals surface area contributed by atoms with E-state index in [-0.39, 0.29) is 0 Å². The van der Waals surface area contributed by atoms with Crippen molar-refractivity contribution >= 4 is 17.4 Å². The summed E-state index contributed by atoms with van der Waals surface area (Å²) in [6, 6.07) is 1.89. The molecule has 0 aromatic carbocycles. The van der Waals surface area contributed by atoms with Crippen molar-refractivity contribution in [3.05, 3.63) is 22.8 Å². The molecular formula is C10H15ClN4. The van der Waals surface area contributed by atoms with Crippen LogP contribution in [0.5, 0.6) is 0 Å². The summed E-state index contributed by atoms with van der Waals surface area (Å²) in [5.41, 5.74) is 6.68. The Balaban J connectivity index is 2.00. The first-order valence-electron chi connectivity index (χ1n) is 5.08. The SMILES string of the molecule is Nc1ncc(CN2CCNCC2)cc1Cl. The van der Waals surface area contributed by atoms with E-state index in [2.05, 4.69) is 15.2 Å². The molecule has 0 radical (unpaired) electrons. The van der Waals surface area contributed by atoms with Crippen LogP contribution < -0.4 is 11.1 Å². The lowest BCUT2D eigenvalue weighted by molar-refractivity contribution is 0.233. The molecule has 0 spiro atoms. The largest absolute Gasteiger partial charge is 0.382 e. The lowest BCUT2D eigenvalue weighted by Crippen LogP contribution is -2.42. The van der Waals surface area contributed by atoms with E-state index in [1.54, 1.807) is 6.20 Å². The van der Waals surface area contributed by atoms with Crippen molar-refractivity contribution < 1.29 is 0 Å². The van der Waals surface area contributed by atoms with Crippen LogP contribution in [0.2, 0.25) is 5.02 Å². The Morgan fingerprint density at radius 3 is 2.87 bits per heavy atom. The highest BCUT2D eigenvalue weighted by atomic mass is 35.5. The molecule has 0 unspecified atom stereocenters. The fourth-order valence-electron chi connectivity index (χ4n) is 1.70. The van der Waals surface area contributed by atoms with Crippen molar-refractivity contribution in [2.24, 2.45) is 0 Å². The number of hydrogen-bond acceptors (Lipinski definition) is 4. The monoisotopic (exact) mass is 226 g/mol. The van der Waals surface area contributed by atoms with Gasteiger partial charge in [-0.2, -0.15) is 0 Å². The van der Waals surface area contributed by atoms with Gasteiger partial charge in [-0.25, -0.2) is 4.98 Å². The van der Waals surface area contributed by atoms with Gasteiger partial charge in [0.15, 0.2) is 0 Å². The minimum absolute atomic E-state index is 0.403. The van der Waals surface area contributed by atoms with Gasteiger partial charge in [0.1, 0.15) is 5.82 Å². The number of nitrogens with two attached hydrogens (primary N) is 1. The summed E-state index contributed by atoms with van der Waals surface area (Å²) < 4.78 is 0. The van der Waals surface area contributed by atoms with Gasteiger partial charge >= 0.3 is 0 Å². The van der Waals surface area contributed by atoms with E-state index in [1.165, 1.54) is 0 Å². The maximum absolute atomic E-state index is 5.91. The number of aromatic nitrogens is 1. The highest BCUT2D eigenvalue weighted by Crippen LogP contribution is 2.17. The number of pyridine rings is 1. The van der Waals surface area contributed by atoms with Gasteiger partial charge in [-0.05, 0) is 11.6 Å². The zero-order chi connectivity index (χ0) is 10.7. The van der Waals surface area contributed by atoms with Crippen LogP contribution in [0.4, 0.5) is 5.82 Å². The molecule has 0 atom stereocenters. The van der Waals surface area contributed by atoms with E-state index in [9.17, 15) is 0 Å². The molecule has 0 bridgehead atoms. The van der Waals surface area contributed by atoms with Gasteiger partial charge in [-0.1, -0.05) is 11.6 Å². The minimum atomic E-state index is 0.403. The molecule has 0 saturated carbocycles. The number of nitrogens with one attached hydrogen (secondary N) is 1. The van der Waals surface area contributed by atoms with Crippen molar-refractivity contribution in [3.63, 3.8) is 0 Å². The molecule has 3 N–H and O–H groups in total. The normalized spacial score (nSPS) is 17.9. The van der Waals surface area contributed by atoms with E-state index >= 15 is 0 Å². The quantitative estimate of drug-likeness (QED) is 0.781. The second kappa shape index (κ2) is 4.79. The fraction of sp³-hybridized carbons (Fsp3) is 0.500. The number of piperazine rings is 1. The first kappa shape index (κ1) is 10.7. The van der Waals surface area contributed by atoms with E-state index in [0.717, 1.165) is 38.3 Å². The molecule has 5 heteroatoms. The highest BCUT2D eigenvalue weighted by Gasteiger charge is 2.10. The molecule has 1 aliphatic heterocycles. The van der Waals surface area contributed by atoms with Gasteiger partial charge < -0.3 is 11.1 Å². The van der Waals surface area contributed by atoms with E-state index in [0.29, 0.717) is 10.8 Å². The second-order valence-corrected chi connectivity index (χ2v) is 4.14. The summed E-state index contributed by atoms with van der Waals surface area (Å²) in [6.07, 6.45) is 1.79. The molecular weight excluding hydrogens is 212 g/mol. The van der Waals surface area contributed by atoms with Gasteiger partial charge in [-0.15, -0.1) is 0 Å². The van der Waals surface area contributed by atoms with Crippen molar-refractivity contribution in [1.82, 2.24) is 15.2 Å². The summed E-state index contributed by atoms with van der Waals surface area (Å²) >= 11 is 5.91. The summed E-state index contributed by atoms with van der Waals surface area (Å²) in [7, 11) is 0. The maximum Gasteiger partial charge on any atom is 0.142 e. The number of halogens is 1. The molecule has 4 nitrogen and oxygen atoms in total. The molecule has 1 saturated heterocycles. The van der Waals surface area contributed by atoms with Crippen LogP contribution in [0.1, 0.15) is 5.56 Å². The molecule has 1 aromatic rings. The number of rotatable bonds is 2. The average molecular weight is 227 g/mol. The zero-order valence-corrected chi connectivity index (χ0v) is 9.30. The van der Waals surface area contributed by atoms with Crippen LogP contribution >= 0.6 is 11.6 Å². The molecule has 82 valence electrons. The van der Waals surface area contributed by atoms with Crippen molar-refractivity contribution in [2.45, 2.75) is 6.54 Å². The fourth-order valence-corrected chi connectivity index (χ4v) is 1.89. The standard InChI is InChI=1S/C10H15ClN4/c11-9-5-8(6-14-10(9)12)7-15-3-1-13-2-4-15/h5-6,13H,1-4,7H2,(H2,12,14). The van der Waals surface area contributed by atoms with Crippen molar-refractivity contribution in [2.75, 3.05) is 31.9 Å². The third-order valence-corrected chi connectivity index (χ3v) is 2.84. The van der Waals surface area contributed by atoms with Gasteiger partial charge in [0.2, 0.25) is 0 Å². The lowest BCUT2D eigenvalue weighted by atomic mass is 10.2. The second-order valence-electron chi connectivity index (χ2n) is 3.74.